The zero-order valence-corrected chi connectivity index (χ0v) is 13.2. The molecule has 2 heterocycles. The molecule has 5 rings (SSSR count). The molecule has 3 aliphatic carbocycles. The van der Waals surface area contributed by atoms with E-state index in [0.717, 1.165) is 0 Å². The molecule has 2 bridgehead atoms. The molecule has 2 saturated heterocycles. The smallest absolute Gasteiger partial charge is 0.339 e. The third-order valence-electron chi connectivity index (χ3n) is 5.39. The van der Waals surface area contributed by atoms with Gasteiger partial charge in [0.2, 0.25) is 0 Å². The first-order valence-electron chi connectivity index (χ1n) is 8.07. The number of rotatable bonds is 4. The van der Waals surface area contributed by atoms with Crippen LogP contribution >= 0.6 is 0 Å². The number of amides is 3. The number of aliphatic hydroxyl groups excluding tert-OH is 1. The second-order valence-electron chi connectivity index (χ2n) is 7.17. The Kier molecular flexibility index (Phi) is 3.21. The van der Waals surface area contributed by atoms with Crippen LogP contribution < -0.4 is 0 Å². The van der Waals surface area contributed by atoms with Crippen molar-refractivity contribution in [2.75, 3.05) is 0 Å². The Morgan fingerprint density at radius 2 is 1.40 bits per heavy atom. The summed E-state index contributed by atoms with van der Waals surface area (Å²) in [4.78, 5) is 68.9. The van der Waals surface area contributed by atoms with Crippen LogP contribution in [0.15, 0.2) is 0 Å². The Hall–Kier alpha value is -2.49. The van der Waals surface area contributed by atoms with E-state index in [1.54, 1.807) is 0 Å². The maximum atomic E-state index is 12.2. The first-order valence-corrected chi connectivity index (χ1v) is 8.07. The van der Waals surface area contributed by atoms with Gasteiger partial charge in [0.15, 0.2) is 6.23 Å². The minimum absolute atomic E-state index is 0.0154. The monoisotopic (exact) mass is 352 g/mol. The van der Waals surface area contributed by atoms with Gasteiger partial charge >= 0.3 is 11.9 Å². The van der Waals surface area contributed by atoms with Crippen molar-refractivity contribution < 1.29 is 38.8 Å². The Bertz CT molecular complexity index is 681. The van der Waals surface area contributed by atoms with Crippen LogP contribution in [-0.2, 0) is 33.6 Å². The van der Waals surface area contributed by atoms with Crippen LogP contribution in [0, 0.1) is 10.8 Å². The van der Waals surface area contributed by atoms with Gasteiger partial charge in [-0.15, -0.1) is 10.1 Å². The number of hydroxylamine groups is 4. The number of hydrogen-bond acceptors (Lipinski definition) is 8. The zero-order chi connectivity index (χ0) is 18.0. The number of aliphatic hydroxyl groups is 1. The Morgan fingerprint density at radius 3 is 1.88 bits per heavy atom. The van der Waals surface area contributed by atoms with E-state index in [0.29, 0.717) is 10.1 Å². The van der Waals surface area contributed by atoms with Crippen LogP contribution in [0.2, 0.25) is 0 Å². The van der Waals surface area contributed by atoms with Gasteiger partial charge in [-0.2, -0.15) is 0 Å². The van der Waals surface area contributed by atoms with Crippen molar-refractivity contribution in [2.24, 2.45) is 10.8 Å². The summed E-state index contributed by atoms with van der Waals surface area (Å²) in [5, 5.41) is 10.8. The van der Waals surface area contributed by atoms with E-state index >= 15 is 0 Å². The second-order valence-corrected chi connectivity index (χ2v) is 7.17. The van der Waals surface area contributed by atoms with Crippen LogP contribution in [0.1, 0.15) is 44.9 Å². The minimum atomic E-state index is -1.14. The molecule has 0 aromatic carbocycles. The fourth-order valence-corrected chi connectivity index (χ4v) is 4.00. The highest BCUT2D eigenvalue weighted by Gasteiger charge is 2.77. The summed E-state index contributed by atoms with van der Waals surface area (Å²) < 4.78 is 0. The Labute approximate surface area is 141 Å². The van der Waals surface area contributed by atoms with E-state index in [-0.39, 0.29) is 44.9 Å². The van der Waals surface area contributed by atoms with Gasteiger partial charge in [0.1, 0.15) is 0 Å². The summed E-state index contributed by atoms with van der Waals surface area (Å²) in [6.45, 7) is 0. The molecule has 1 atom stereocenters. The molecule has 10 nitrogen and oxygen atoms in total. The first-order chi connectivity index (χ1) is 11.8. The van der Waals surface area contributed by atoms with Crippen LogP contribution in [0.4, 0.5) is 0 Å². The molecule has 1 N–H and O–H groups in total. The number of carbonyl (C=O) groups excluding carboxylic acids is 5. The van der Waals surface area contributed by atoms with E-state index in [1.165, 1.54) is 0 Å². The standard InChI is InChI=1S/C15H16N2O8/c18-8-1-2-9(19)16(8)24-12(22)14-5-15(6-14,7-14)13(23)25-17-10(20)3-4-11(17)21/h8,18H,1-7H2. The highest BCUT2D eigenvalue weighted by molar-refractivity contribution is 6.02. The number of hydrogen-bond donors (Lipinski definition) is 1. The highest BCUT2D eigenvalue weighted by atomic mass is 16.7. The Balaban J connectivity index is 1.34. The molecule has 0 aromatic rings. The summed E-state index contributed by atoms with van der Waals surface area (Å²) in [6, 6.07) is 0. The van der Waals surface area contributed by atoms with Gasteiger partial charge in [0, 0.05) is 25.7 Å². The molecule has 134 valence electrons. The molecule has 5 aliphatic rings. The molecule has 0 aromatic heterocycles. The molecule has 2 aliphatic heterocycles. The fourth-order valence-electron chi connectivity index (χ4n) is 4.00. The number of imide groups is 1. The third-order valence-corrected chi connectivity index (χ3v) is 5.39. The van der Waals surface area contributed by atoms with Crippen molar-refractivity contribution in [3.05, 3.63) is 0 Å². The van der Waals surface area contributed by atoms with Crippen LogP contribution in [0.3, 0.4) is 0 Å². The van der Waals surface area contributed by atoms with Crippen molar-refractivity contribution >= 4 is 29.7 Å². The molecular formula is C15H16N2O8. The number of carbonyl (C=O) groups is 5. The van der Waals surface area contributed by atoms with Crippen molar-refractivity contribution in [1.29, 1.82) is 0 Å². The molecule has 0 spiro atoms. The normalized spacial score (nSPS) is 36.2. The van der Waals surface area contributed by atoms with Gasteiger partial charge in [-0.25, -0.2) is 9.59 Å². The van der Waals surface area contributed by atoms with Crippen molar-refractivity contribution in [3.8, 4) is 0 Å². The van der Waals surface area contributed by atoms with Gasteiger partial charge in [0.05, 0.1) is 10.8 Å². The summed E-state index contributed by atoms with van der Waals surface area (Å²) in [5.74, 6) is -2.94. The van der Waals surface area contributed by atoms with Crippen LogP contribution in [0.25, 0.3) is 0 Å². The Morgan fingerprint density at radius 1 is 0.880 bits per heavy atom. The lowest BCUT2D eigenvalue weighted by molar-refractivity contribution is -0.274. The molecule has 10 heteroatoms. The highest BCUT2D eigenvalue weighted by Crippen LogP contribution is 2.74. The van der Waals surface area contributed by atoms with Crippen LogP contribution in [-0.4, -0.2) is 51.1 Å². The van der Waals surface area contributed by atoms with Gasteiger partial charge in [0.25, 0.3) is 17.7 Å². The summed E-state index contributed by atoms with van der Waals surface area (Å²) in [5.41, 5.74) is -1.77. The molecule has 5 fully saturated rings. The van der Waals surface area contributed by atoms with E-state index in [4.69, 9.17) is 9.68 Å². The minimum Gasteiger partial charge on any atom is -0.370 e. The van der Waals surface area contributed by atoms with Crippen molar-refractivity contribution in [2.45, 2.75) is 51.2 Å². The second kappa shape index (κ2) is 5.01. The van der Waals surface area contributed by atoms with Gasteiger partial charge < -0.3 is 14.8 Å². The van der Waals surface area contributed by atoms with E-state index in [9.17, 15) is 29.1 Å². The average Bonchev–Trinajstić information content (AvgIpc) is 2.94. The lowest BCUT2D eigenvalue weighted by Crippen LogP contribution is -2.70. The molecule has 3 amide bonds. The van der Waals surface area contributed by atoms with E-state index in [2.05, 4.69) is 0 Å². The molecule has 1 unspecified atom stereocenters. The summed E-state index contributed by atoms with van der Waals surface area (Å²) >= 11 is 0. The topological polar surface area (TPSA) is 131 Å². The van der Waals surface area contributed by atoms with Gasteiger partial charge in [-0.3, -0.25) is 14.4 Å². The molecule has 25 heavy (non-hydrogen) atoms. The maximum Gasteiger partial charge on any atom is 0.339 e. The molecule has 3 saturated carbocycles. The van der Waals surface area contributed by atoms with Gasteiger partial charge in [-0.05, 0) is 19.3 Å². The predicted molar refractivity (Wildman–Crippen MR) is 74.1 cm³/mol. The quantitative estimate of drug-likeness (QED) is 0.648. The summed E-state index contributed by atoms with van der Waals surface area (Å²) in [6.07, 6.45) is -0.286. The fraction of sp³-hybridized carbons (Fsp3) is 0.667. The lowest BCUT2D eigenvalue weighted by Gasteiger charge is -2.65. The van der Waals surface area contributed by atoms with Crippen molar-refractivity contribution in [1.82, 2.24) is 10.1 Å². The molecule has 0 radical (unpaired) electrons. The zero-order valence-electron chi connectivity index (χ0n) is 13.2. The van der Waals surface area contributed by atoms with Crippen LogP contribution in [0.5, 0.6) is 0 Å². The first kappa shape index (κ1) is 16.0. The van der Waals surface area contributed by atoms with Crippen molar-refractivity contribution in [3.63, 3.8) is 0 Å². The van der Waals surface area contributed by atoms with E-state index in [1.807, 2.05) is 0 Å². The maximum absolute atomic E-state index is 12.2. The summed E-state index contributed by atoms with van der Waals surface area (Å²) in [7, 11) is 0. The number of nitrogens with zero attached hydrogens (tertiary/aromatic N) is 2. The van der Waals surface area contributed by atoms with E-state index < -0.39 is 46.7 Å². The predicted octanol–water partition coefficient (Wildman–Crippen LogP) is -0.837. The average molecular weight is 352 g/mol. The molecular weight excluding hydrogens is 336 g/mol. The third kappa shape index (κ3) is 2.16. The largest absolute Gasteiger partial charge is 0.370 e. The SMILES string of the molecule is O=C1CCC(=O)N1OC(=O)C12CC(C(=O)ON3C(=O)CCC3O)(C1)C2. The van der Waals surface area contributed by atoms with Gasteiger partial charge in [-0.1, -0.05) is 0 Å². The lowest BCUT2D eigenvalue weighted by atomic mass is 9.35.